The van der Waals surface area contributed by atoms with Crippen LogP contribution in [0.1, 0.15) is 12.1 Å². The SMILES string of the molecule is COC1CCN(c2ccc(N)c(C)n2)C1. The molecule has 2 heterocycles. The van der Waals surface area contributed by atoms with Gasteiger partial charge in [-0.1, -0.05) is 0 Å². The Morgan fingerprint density at radius 1 is 1.53 bits per heavy atom. The molecule has 2 rings (SSSR count). The van der Waals surface area contributed by atoms with Gasteiger partial charge in [-0.2, -0.15) is 0 Å². The normalized spacial score (nSPS) is 20.9. The summed E-state index contributed by atoms with van der Waals surface area (Å²) in [5.74, 6) is 1.00. The van der Waals surface area contributed by atoms with E-state index >= 15 is 0 Å². The third kappa shape index (κ3) is 2.04. The zero-order chi connectivity index (χ0) is 10.8. The standard InChI is InChI=1S/C11H17N3O/c1-8-10(12)3-4-11(13-8)14-6-5-9(7-14)15-2/h3-4,9H,5-7,12H2,1-2H3. The summed E-state index contributed by atoms with van der Waals surface area (Å²) in [4.78, 5) is 6.71. The van der Waals surface area contributed by atoms with Crippen LogP contribution in [0.15, 0.2) is 12.1 Å². The molecule has 2 N–H and O–H groups in total. The first-order valence-electron chi connectivity index (χ1n) is 5.21. The Hall–Kier alpha value is -1.29. The Labute approximate surface area is 90.0 Å². The molecule has 15 heavy (non-hydrogen) atoms. The van der Waals surface area contributed by atoms with Crippen LogP contribution in [0, 0.1) is 6.92 Å². The molecule has 4 heteroatoms. The number of nitrogens with zero attached hydrogens (tertiary/aromatic N) is 2. The van der Waals surface area contributed by atoms with Crippen LogP contribution in [-0.4, -0.2) is 31.3 Å². The molecule has 1 aromatic heterocycles. The molecule has 1 aromatic rings. The number of nitrogen functional groups attached to an aromatic ring is 1. The first-order valence-corrected chi connectivity index (χ1v) is 5.21. The minimum atomic E-state index is 0.338. The molecular weight excluding hydrogens is 190 g/mol. The van der Waals surface area contributed by atoms with Gasteiger partial charge in [-0.25, -0.2) is 4.98 Å². The smallest absolute Gasteiger partial charge is 0.129 e. The zero-order valence-electron chi connectivity index (χ0n) is 9.23. The van der Waals surface area contributed by atoms with Gasteiger partial charge in [0.2, 0.25) is 0 Å². The third-order valence-corrected chi connectivity index (χ3v) is 2.91. The number of hydrogen-bond acceptors (Lipinski definition) is 4. The molecule has 1 fully saturated rings. The lowest BCUT2D eigenvalue weighted by Crippen LogP contribution is -2.23. The van der Waals surface area contributed by atoms with Crippen molar-refractivity contribution in [2.75, 3.05) is 30.8 Å². The summed E-state index contributed by atoms with van der Waals surface area (Å²) in [6.07, 6.45) is 1.41. The Morgan fingerprint density at radius 2 is 2.33 bits per heavy atom. The second kappa shape index (κ2) is 4.06. The van der Waals surface area contributed by atoms with Crippen molar-refractivity contribution in [3.05, 3.63) is 17.8 Å². The lowest BCUT2D eigenvalue weighted by atomic mass is 10.3. The highest BCUT2D eigenvalue weighted by Gasteiger charge is 2.23. The highest BCUT2D eigenvalue weighted by Crippen LogP contribution is 2.21. The first-order chi connectivity index (χ1) is 7.20. The number of nitrogens with two attached hydrogens (primary N) is 1. The number of aryl methyl sites for hydroxylation is 1. The molecule has 1 atom stereocenters. The van der Waals surface area contributed by atoms with E-state index in [1.807, 2.05) is 19.1 Å². The monoisotopic (exact) mass is 207 g/mol. The average Bonchev–Trinajstić information content (AvgIpc) is 2.70. The highest BCUT2D eigenvalue weighted by molar-refractivity contribution is 5.50. The largest absolute Gasteiger partial charge is 0.397 e. The van der Waals surface area contributed by atoms with Gasteiger partial charge in [0.15, 0.2) is 0 Å². The summed E-state index contributed by atoms with van der Waals surface area (Å²) in [6, 6.07) is 3.89. The molecule has 0 radical (unpaired) electrons. The molecule has 0 aromatic carbocycles. The van der Waals surface area contributed by atoms with Gasteiger partial charge in [-0.3, -0.25) is 0 Å². The van der Waals surface area contributed by atoms with Crippen LogP contribution in [0.4, 0.5) is 11.5 Å². The number of hydrogen-bond donors (Lipinski definition) is 1. The van der Waals surface area contributed by atoms with E-state index in [0.29, 0.717) is 6.10 Å². The molecule has 0 aliphatic carbocycles. The fraction of sp³-hybridized carbons (Fsp3) is 0.545. The van der Waals surface area contributed by atoms with Gasteiger partial charge in [0.05, 0.1) is 17.5 Å². The second-order valence-electron chi connectivity index (χ2n) is 3.94. The van der Waals surface area contributed by atoms with Gasteiger partial charge in [0.1, 0.15) is 5.82 Å². The van der Waals surface area contributed by atoms with Crippen molar-refractivity contribution in [3.63, 3.8) is 0 Å². The number of aromatic nitrogens is 1. The van der Waals surface area contributed by atoms with Gasteiger partial charge in [0, 0.05) is 20.2 Å². The minimum Gasteiger partial charge on any atom is -0.397 e. The van der Waals surface area contributed by atoms with Gasteiger partial charge >= 0.3 is 0 Å². The maximum Gasteiger partial charge on any atom is 0.129 e. The fourth-order valence-electron chi connectivity index (χ4n) is 1.86. The van der Waals surface area contributed by atoms with Crippen LogP contribution < -0.4 is 10.6 Å². The third-order valence-electron chi connectivity index (χ3n) is 2.91. The summed E-state index contributed by atoms with van der Waals surface area (Å²) in [5.41, 5.74) is 7.38. The molecule has 82 valence electrons. The molecule has 0 amide bonds. The molecule has 4 nitrogen and oxygen atoms in total. The second-order valence-corrected chi connectivity index (χ2v) is 3.94. The summed E-state index contributed by atoms with van der Waals surface area (Å²) in [6.45, 7) is 3.87. The van der Waals surface area contributed by atoms with Crippen molar-refractivity contribution in [1.29, 1.82) is 0 Å². The quantitative estimate of drug-likeness (QED) is 0.791. The Morgan fingerprint density at radius 3 is 2.93 bits per heavy atom. The van der Waals surface area contributed by atoms with E-state index in [-0.39, 0.29) is 0 Å². The average molecular weight is 207 g/mol. The van der Waals surface area contributed by atoms with Gasteiger partial charge < -0.3 is 15.4 Å². The number of ether oxygens (including phenoxy) is 1. The molecular formula is C11H17N3O. The maximum atomic E-state index is 5.74. The number of anilines is 2. The molecule has 1 aliphatic rings. The molecule has 1 aliphatic heterocycles. The van der Waals surface area contributed by atoms with E-state index in [0.717, 1.165) is 36.7 Å². The van der Waals surface area contributed by atoms with Crippen LogP contribution in [-0.2, 0) is 4.74 Å². The lowest BCUT2D eigenvalue weighted by molar-refractivity contribution is 0.121. The molecule has 1 unspecified atom stereocenters. The van der Waals surface area contributed by atoms with Gasteiger partial charge in [-0.15, -0.1) is 0 Å². The minimum absolute atomic E-state index is 0.338. The van der Waals surface area contributed by atoms with E-state index in [1.54, 1.807) is 7.11 Å². The first kappa shape index (κ1) is 10.2. The van der Waals surface area contributed by atoms with E-state index in [4.69, 9.17) is 10.5 Å². The van der Waals surface area contributed by atoms with E-state index in [2.05, 4.69) is 9.88 Å². The molecule has 1 saturated heterocycles. The van der Waals surface area contributed by atoms with Crippen molar-refractivity contribution < 1.29 is 4.74 Å². The number of pyridine rings is 1. The van der Waals surface area contributed by atoms with Crippen LogP contribution in [0.3, 0.4) is 0 Å². The molecule has 0 spiro atoms. The van der Waals surface area contributed by atoms with Crippen LogP contribution in [0.5, 0.6) is 0 Å². The van der Waals surface area contributed by atoms with Gasteiger partial charge in [0.25, 0.3) is 0 Å². The number of methoxy groups -OCH3 is 1. The Bertz CT molecular complexity index is 354. The summed E-state index contributed by atoms with van der Waals surface area (Å²) in [5, 5.41) is 0. The van der Waals surface area contributed by atoms with Crippen LogP contribution >= 0.6 is 0 Å². The Kier molecular flexibility index (Phi) is 2.77. The van der Waals surface area contributed by atoms with E-state index < -0.39 is 0 Å². The molecule has 0 saturated carbocycles. The van der Waals surface area contributed by atoms with Crippen molar-refractivity contribution >= 4 is 11.5 Å². The van der Waals surface area contributed by atoms with Crippen molar-refractivity contribution in [3.8, 4) is 0 Å². The number of rotatable bonds is 2. The van der Waals surface area contributed by atoms with E-state index in [1.165, 1.54) is 0 Å². The Balaban J connectivity index is 2.13. The van der Waals surface area contributed by atoms with Crippen LogP contribution in [0.2, 0.25) is 0 Å². The lowest BCUT2D eigenvalue weighted by Gasteiger charge is -2.17. The van der Waals surface area contributed by atoms with E-state index in [9.17, 15) is 0 Å². The van der Waals surface area contributed by atoms with Crippen LogP contribution in [0.25, 0.3) is 0 Å². The van der Waals surface area contributed by atoms with Crippen molar-refractivity contribution in [2.45, 2.75) is 19.4 Å². The molecule has 0 bridgehead atoms. The fourth-order valence-corrected chi connectivity index (χ4v) is 1.86. The zero-order valence-corrected chi connectivity index (χ0v) is 9.23. The van der Waals surface area contributed by atoms with Crippen molar-refractivity contribution in [1.82, 2.24) is 4.98 Å². The summed E-state index contributed by atoms with van der Waals surface area (Å²) in [7, 11) is 1.76. The predicted octanol–water partition coefficient (Wildman–Crippen LogP) is 1.20. The predicted molar refractivity (Wildman–Crippen MR) is 61.0 cm³/mol. The topological polar surface area (TPSA) is 51.4 Å². The summed E-state index contributed by atoms with van der Waals surface area (Å²) < 4.78 is 5.32. The maximum absolute atomic E-state index is 5.74. The van der Waals surface area contributed by atoms with Crippen molar-refractivity contribution in [2.24, 2.45) is 0 Å². The van der Waals surface area contributed by atoms with Gasteiger partial charge in [-0.05, 0) is 25.5 Å². The summed E-state index contributed by atoms with van der Waals surface area (Å²) >= 11 is 0. The highest BCUT2D eigenvalue weighted by atomic mass is 16.5.